The molecule has 1 unspecified atom stereocenters. The third kappa shape index (κ3) is 17.1. The zero-order chi connectivity index (χ0) is 24.2. The van der Waals surface area contributed by atoms with E-state index in [1.807, 2.05) is 25.1 Å². The monoisotopic (exact) mass is 526 g/mol. The van der Waals surface area contributed by atoms with Crippen LogP contribution in [0.2, 0.25) is 0 Å². The van der Waals surface area contributed by atoms with E-state index < -0.39 is 6.10 Å². The van der Waals surface area contributed by atoms with E-state index in [0.717, 1.165) is 22.9 Å². The molecule has 0 aliphatic rings. The Bertz CT molecular complexity index is 620. The number of aliphatic hydroxyl groups excluding tert-OH is 1. The molecule has 1 atom stereocenters. The lowest BCUT2D eigenvalue weighted by atomic mass is 10.0. The molecule has 1 rings (SSSR count). The first-order valence-corrected chi connectivity index (χ1v) is 14.0. The minimum atomic E-state index is -0.830. The lowest BCUT2D eigenvalue weighted by molar-refractivity contribution is -0.147. The van der Waals surface area contributed by atoms with Crippen molar-refractivity contribution >= 4 is 21.9 Å². The number of hydrogen-bond donors (Lipinski definition) is 1. The van der Waals surface area contributed by atoms with Crippen molar-refractivity contribution in [1.82, 2.24) is 0 Å². The van der Waals surface area contributed by atoms with Crippen molar-refractivity contribution < 1.29 is 19.4 Å². The van der Waals surface area contributed by atoms with Gasteiger partial charge in [0.2, 0.25) is 0 Å². The molecule has 4 nitrogen and oxygen atoms in total. The van der Waals surface area contributed by atoms with Gasteiger partial charge in [-0.15, -0.1) is 0 Å². The number of benzene rings is 1. The average Bonchev–Trinajstić information content (AvgIpc) is 2.79. The highest BCUT2D eigenvalue weighted by atomic mass is 79.9. The van der Waals surface area contributed by atoms with Gasteiger partial charge in [0.05, 0.1) is 4.47 Å². The first-order valence-electron chi connectivity index (χ1n) is 13.3. The van der Waals surface area contributed by atoms with Gasteiger partial charge in [-0.05, 0) is 47.0 Å². The van der Waals surface area contributed by atoms with Crippen LogP contribution in [0.25, 0.3) is 0 Å². The predicted octanol–water partition coefficient (Wildman–Crippen LogP) is 8.30. The number of esters is 1. The van der Waals surface area contributed by atoms with Crippen LogP contribution >= 0.6 is 15.9 Å². The highest BCUT2D eigenvalue weighted by Gasteiger charge is 2.11. The predicted molar refractivity (Wildman–Crippen MR) is 141 cm³/mol. The van der Waals surface area contributed by atoms with Gasteiger partial charge in [0.25, 0.3) is 0 Å². The molecule has 33 heavy (non-hydrogen) atoms. The molecule has 0 saturated heterocycles. The van der Waals surface area contributed by atoms with E-state index in [9.17, 15) is 9.90 Å². The maximum atomic E-state index is 11.9. The maximum Gasteiger partial charge on any atom is 0.305 e. The summed E-state index contributed by atoms with van der Waals surface area (Å²) in [6.07, 6.45) is 19.2. The molecule has 0 saturated carbocycles. The SMILES string of the molecule is CCCCCCCCCCCCCCCCCC(=O)OCC(O)COc1ccc(C)cc1Br. The van der Waals surface area contributed by atoms with Crippen LogP contribution in [0, 0.1) is 6.92 Å². The highest BCUT2D eigenvalue weighted by Crippen LogP contribution is 2.25. The minimum absolute atomic E-state index is 0.0267. The summed E-state index contributed by atoms with van der Waals surface area (Å²) in [4.78, 5) is 11.9. The van der Waals surface area contributed by atoms with Crippen LogP contribution in [0.15, 0.2) is 22.7 Å². The molecule has 1 aromatic carbocycles. The van der Waals surface area contributed by atoms with E-state index in [0.29, 0.717) is 12.2 Å². The number of halogens is 1. The smallest absolute Gasteiger partial charge is 0.305 e. The second-order valence-corrected chi connectivity index (χ2v) is 10.1. The van der Waals surface area contributed by atoms with Crippen molar-refractivity contribution in [1.29, 1.82) is 0 Å². The van der Waals surface area contributed by atoms with E-state index in [2.05, 4.69) is 22.9 Å². The summed E-state index contributed by atoms with van der Waals surface area (Å²) in [5.74, 6) is 0.434. The zero-order valence-electron chi connectivity index (χ0n) is 21.1. The van der Waals surface area contributed by atoms with Crippen LogP contribution in [0.5, 0.6) is 5.75 Å². The minimum Gasteiger partial charge on any atom is -0.490 e. The molecule has 0 aromatic heterocycles. The van der Waals surface area contributed by atoms with Crippen molar-refractivity contribution in [2.24, 2.45) is 0 Å². The third-order valence-corrected chi connectivity index (χ3v) is 6.56. The van der Waals surface area contributed by atoms with Crippen molar-refractivity contribution in [3.63, 3.8) is 0 Å². The Labute approximate surface area is 211 Å². The van der Waals surface area contributed by atoms with Crippen molar-refractivity contribution in [3.05, 3.63) is 28.2 Å². The number of rotatable bonds is 21. The molecular weight excluding hydrogens is 480 g/mol. The van der Waals surface area contributed by atoms with Crippen molar-refractivity contribution in [3.8, 4) is 5.75 Å². The summed E-state index contributed by atoms with van der Waals surface area (Å²) in [5.41, 5.74) is 1.13. The lowest BCUT2D eigenvalue weighted by Crippen LogP contribution is -2.25. The summed E-state index contributed by atoms with van der Waals surface area (Å²) in [5, 5.41) is 9.99. The summed E-state index contributed by atoms with van der Waals surface area (Å²) in [6.45, 7) is 4.34. The number of unbranched alkanes of at least 4 members (excludes halogenated alkanes) is 14. The molecule has 1 aromatic rings. The fourth-order valence-electron chi connectivity index (χ4n) is 3.86. The fraction of sp³-hybridized carbons (Fsp3) is 0.750. The molecule has 0 heterocycles. The topological polar surface area (TPSA) is 55.8 Å². The number of carbonyl (C=O) groups is 1. The third-order valence-electron chi connectivity index (χ3n) is 5.94. The van der Waals surface area contributed by atoms with Gasteiger partial charge >= 0.3 is 5.97 Å². The Morgan fingerprint density at radius 2 is 1.36 bits per heavy atom. The lowest BCUT2D eigenvalue weighted by Gasteiger charge is -2.14. The van der Waals surface area contributed by atoms with Gasteiger partial charge in [-0.3, -0.25) is 4.79 Å². The molecule has 0 amide bonds. The number of carbonyl (C=O) groups excluding carboxylic acids is 1. The van der Waals surface area contributed by atoms with Gasteiger partial charge in [0.15, 0.2) is 0 Å². The maximum absolute atomic E-state index is 11.9. The number of ether oxygens (including phenoxy) is 2. The van der Waals surface area contributed by atoms with Gasteiger partial charge in [-0.1, -0.05) is 103 Å². The van der Waals surface area contributed by atoms with Crippen LogP contribution in [-0.2, 0) is 9.53 Å². The van der Waals surface area contributed by atoms with E-state index in [1.165, 1.54) is 83.5 Å². The number of aryl methyl sites for hydroxylation is 1. The highest BCUT2D eigenvalue weighted by molar-refractivity contribution is 9.10. The van der Waals surface area contributed by atoms with Gasteiger partial charge in [0.1, 0.15) is 25.1 Å². The molecule has 0 aliphatic carbocycles. The van der Waals surface area contributed by atoms with Crippen molar-refractivity contribution in [2.45, 2.75) is 123 Å². The second-order valence-electron chi connectivity index (χ2n) is 9.28. The van der Waals surface area contributed by atoms with Gasteiger partial charge in [-0.2, -0.15) is 0 Å². The van der Waals surface area contributed by atoms with Gasteiger partial charge in [-0.25, -0.2) is 0 Å². The average molecular weight is 528 g/mol. The summed E-state index contributed by atoms with van der Waals surface area (Å²) in [6, 6.07) is 5.76. The Morgan fingerprint density at radius 1 is 0.848 bits per heavy atom. The van der Waals surface area contributed by atoms with Crippen LogP contribution in [0.4, 0.5) is 0 Å². The van der Waals surface area contributed by atoms with E-state index in [1.54, 1.807) is 0 Å². The molecule has 5 heteroatoms. The molecule has 190 valence electrons. The van der Waals surface area contributed by atoms with Crippen LogP contribution in [0.1, 0.15) is 115 Å². The molecule has 0 spiro atoms. The fourth-order valence-corrected chi connectivity index (χ4v) is 4.47. The summed E-state index contributed by atoms with van der Waals surface area (Å²) < 4.78 is 11.6. The van der Waals surface area contributed by atoms with Crippen LogP contribution < -0.4 is 4.74 Å². The number of aliphatic hydroxyl groups is 1. The first-order chi connectivity index (χ1) is 16.0. The van der Waals surface area contributed by atoms with Crippen LogP contribution in [0.3, 0.4) is 0 Å². The Balaban J connectivity index is 1.88. The van der Waals surface area contributed by atoms with Gasteiger partial charge in [0, 0.05) is 6.42 Å². The number of hydrogen-bond acceptors (Lipinski definition) is 4. The van der Waals surface area contributed by atoms with E-state index in [4.69, 9.17) is 9.47 Å². The molecule has 0 bridgehead atoms. The molecule has 0 aliphatic heterocycles. The van der Waals surface area contributed by atoms with E-state index >= 15 is 0 Å². The second kappa shape index (κ2) is 20.3. The van der Waals surface area contributed by atoms with Crippen molar-refractivity contribution in [2.75, 3.05) is 13.2 Å². The molecule has 0 radical (unpaired) electrons. The Kier molecular flexibility index (Phi) is 18.4. The standard InChI is InChI=1S/C28H47BrO4/c1-3-4-5-6-7-8-9-10-11-12-13-14-15-16-17-18-28(31)33-23-25(30)22-32-27-20-19-24(2)21-26(27)29/h19-21,25,30H,3-18,22-23H2,1-2H3. The first kappa shape index (κ1) is 30.0. The largest absolute Gasteiger partial charge is 0.490 e. The van der Waals surface area contributed by atoms with Gasteiger partial charge < -0.3 is 14.6 Å². The molecule has 1 N–H and O–H groups in total. The summed E-state index contributed by atoms with van der Waals surface area (Å²) >= 11 is 3.44. The molecule has 0 fully saturated rings. The Hall–Kier alpha value is -1.07. The Morgan fingerprint density at radius 3 is 1.88 bits per heavy atom. The van der Waals surface area contributed by atoms with E-state index in [-0.39, 0.29) is 19.2 Å². The zero-order valence-corrected chi connectivity index (χ0v) is 22.7. The normalized spacial score (nSPS) is 12.0. The van der Waals surface area contributed by atoms with Crippen LogP contribution in [-0.4, -0.2) is 30.4 Å². The quantitative estimate of drug-likeness (QED) is 0.129. The summed E-state index contributed by atoms with van der Waals surface area (Å²) in [7, 11) is 0. The molecular formula is C28H47BrO4.